The average molecular weight is 434 g/mol. The molecule has 0 atom stereocenters. The van der Waals surface area contributed by atoms with Crippen LogP contribution < -0.4 is 9.64 Å². The zero-order valence-electron chi connectivity index (χ0n) is 18.3. The van der Waals surface area contributed by atoms with Crippen molar-refractivity contribution < 1.29 is 14.3 Å². The molecular weight excluding hydrogens is 406 g/mol. The third-order valence-electron chi connectivity index (χ3n) is 5.95. The summed E-state index contributed by atoms with van der Waals surface area (Å²) in [5, 5.41) is 9.29. The number of imide groups is 1. The van der Waals surface area contributed by atoms with Gasteiger partial charge in [-0.15, -0.1) is 0 Å². The van der Waals surface area contributed by atoms with Crippen LogP contribution in [0.5, 0.6) is 5.75 Å². The summed E-state index contributed by atoms with van der Waals surface area (Å²) in [6.45, 7) is 6.55. The van der Waals surface area contributed by atoms with Crippen LogP contribution in [0, 0.1) is 18.3 Å². The number of benzene rings is 1. The molecular formula is C24H27N5O3. The third kappa shape index (κ3) is 4.73. The number of piperazine rings is 1. The molecule has 2 aliphatic heterocycles. The zero-order valence-corrected chi connectivity index (χ0v) is 18.3. The summed E-state index contributed by atoms with van der Waals surface area (Å²) in [6, 6.07) is 11.2. The molecule has 0 bridgehead atoms. The monoisotopic (exact) mass is 433 g/mol. The molecule has 0 spiro atoms. The van der Waals surface area contributed by atoms with Crippen LogP contribution >= 0.6 is 0 Å². The Labute approximate surface area is 188 Å². The van der Waals surface area contributed by atoms with Gasteiger partial charge in [0.15, 0.2) is 6.61 Å². The molecule has 0 aliphatic carbocycles. The number of unbranched alkanes of at least 4 members (excludes halogenated alkanes) is 1. The van der Waals surface area contributed by atoms with E-state index >= 15 is 0 Å². The van der Waals surface area contributed by atoms with Crippen LogP contribution in [0.1, 0.15) is 34.3 Å². The number of aryl methyl sites for hydroxylation is 1. The Hall–Kier alpha value is -3.44. The van der Waals surface area contributed by atoms with Crippen molar-refractivity contribution in [1.82, 2.24) is 14.8 Å². The summed E-state index contributed by atoms with van der Waals surface area (Å²) in [7, 11) is 0. The maximum Gasteiger partial charge on any atom is 0.267 e. The van der Waals surface area contributed by atoms with Crippen LogP contribution in [-0.4, -0.2) is 72.5 Å². The zero-order chi connectivity index (χ0) is 22.5. The van der Waals surface area contributed by atoms with Crippen LogP contribution in [0.25, 0.3) is 0 Å². The van der Waals surface area contributed by atoms with Gasteiger partial charge in [-0.25, -0.2) is 4.98 Å². The molecule has 3 heterocycles. The van der Waals surface area contributed by atoms with Crippen molar-refractivity contribution in [2.24, 2.45) is 0 Å². The number of carbonyl (C=O) groups is 2. The molecule has 1 saturated heterocycles. The van der Waals surface area contributed by atoms with Gasteiger partial charge in [0.25, 0.3) is 11.8 Å². The predicted octanol–water partition coefficient (Wildman–Crippen LogP) is 2.23. The van der Waals surface area contributed by atoms with E-state index in [2.05, 4.69) is 20.9 Å². The van der Waals surface area contributed by atoms with Crippen molar-refractivity contribution in [2.75, 3.05) is 50.8 Å². The van der Waals surface area contributed by atoms with E-state index in [9.17, 15) is 14.9 Å². The lowest BCUT2D eigenvalue weighted by Gasteiger charge is -2.35. The molecule has 166 valence electrons. The summed E-state index contributed by atoms with van der Waals surface area (Å²) in [5.41, 5.74) is 2.04. The molecule has 0 unspecified atom stereocenters. The van der Waals surface area contributed by atoms with E-state index < -0.39 is 0 Å². The number of hydrogen-bond acceptors (Lipinski definition) is 7. The number of hydrogen-bond donors (Lipinski definition) is 0. The van der Waals surface area contributed by atoms with Crippen molar-refractivity contribution >= 4 is 17.6 Å². The minimum atomic E-state index is -0.291. The number of ether oxygens (including phenoxy) is 1. The number of carbonyl (C=O) groups excluding carboxylic acids is 2. The van der Waals surface area contributed by atoms with Gasteiger partial charge in [-0.05, 0) is 56.1 Å². The van der Waals surface area contributed by atoms with Crippen molar-refractivity contribution in [1.29, 1.82) is 5.26 Å². The highest BCUT2D eigenvalue weighted by Crippen LogP contribution is 2.25. The lowest BCUT2D eigenvalue weighted by molar-refractivity contribution is -0.130. The molecule has 0 N–H and O–H groups in total. The van der Waals surface area contributed by atoms with Gasteiger partial charge in [-0.3, -0.25) is 19.4 Å². The van der Waals surface area contributed by atoms with E-state index in [4.69, 9.17) is 4.74 Å². The Morgan fingerprint density at radius 1 is 1.09 bits per heavy atom. The molecule has 4 rings (SSSR count). The van der Waals surface area contributed by atoms with Crippen LogP contribution in [0.15, 0.2) is 36.5 Å². The topological polar surface area (TPSA) is 89.8 Å². The first-order valence-electron chi connectivity index (χ1n) is 11.0. The molecule has 8 heteroatoms. The van der Waals surface area contributed by atoms with E-state index in [1.807, 2.05) is 13.0 Å². The minimum Gasteiger partial charge on any atom is -0.483 e. The van der Waals surface area contributed by atoms with E-state index in [0.717, 1.165) is 56.9 Å². The first-order chi connectivity index (χ1) is 15.6. The summed E-state index contributed by atoms with van der Waals surface area (Å²) in [6.07, 6.45) is 3.36. The van der Waals surface area contributed by atoms with Crippen molar-refractivity contribution in [2.45, 2.75) is 19.8 Å². The first-order valence-corrected chi connectivity index (χ1v) is 11.0. The number of amides is 2. The number of rotatable bonds is 6. The van der Waals surface area contributed by atoms with Gasteiger partial charge in [0.1, 0.15) is 17.6 Å². The number of aromatic nitrogens is 1. The predicted molar refractivity (Wildman–Crippen MR) is 120 cm³/mol. The Morgan fingerprint density at radius 3 is 2.66 bits per heavy atom. The normalized spacial score (nSPS) is 16.9. The van der Waals surface area contributed by atoms with Gasteiger partial charge >= 0.3 is 0 Å². The molecule has 32 heavy (non-hydrogen) atoms. The second-order valence-corrected chi connectivity index (χ2v) is 8.16. The standard InChI is InChI=1S/C24H27N5O3/c1-18-6-7-20-21(15-18)32-17-22(30)29(24(20)31)10-3-2-9-27-11-13-28(14-12-27)23-19(16-25)5-4-8-26-23/h4-8,15H,2-3,9-14,17H2,1H3. The Bertz CT molecular complexity index is 1040. The van der Waals surface area contributed by atoms with Crippen molar-refractivity contribution in [3.63, 3.8) is 0 Å². The molecule has 1 fully saturated rings. The summed E-state index contributed by atoms with van der Waals surface area (Å²) in [5.74, 6) is 0.669. The second-order valence-electron chi connectivity index (χ2n) is 8.16. The van der Waals surface area contributed by atoms with Crippen LogP contribution in [0.2, 0.25) is 0 Å². The van der Waals surface area contributed by atoms with E-state index in [1.165, 1.54) is 4.90 Å². The molecule has 0 radical (unpaired) electrons. The summed E-state index contributed by atoms with van der Waals surface area (Å²) in [4.78, 5) is 35.5. The molecule has 2 amide bonds. The molecule has 0 saturated carbocycles. The first kappa shape index (κ1) is 21.8. The molecule has 2 aromatic rings. The van der Waals surface area contributed by atoms with E-state index in [0.29, 0.717) is 23.4 Å². The van der Waals surface area contributed by atoms with Gasteiger partial charge in [0, 0.05) is 38.9 Å². The maximum absolute atomic E-state index is 12.9. The largest absolute Gasteiger partial charge is 0.483 e. The fraction of sp³-hybridized carbons (Fsp3) is 0.417. The Morgan fingerprint density at radius 2 is 1.88 bits per heavy atom. The minimum absolute atomic E-state index is 0.109. The fourth-order valence-corrected chi connectivity index (χ4v) is 4.15. The van der Waals surface area contributed by atoms with Gasteiger partial charge in [-0.1, -0.05) is 6.07 Å². The SMILES string of the molecule is Cc1ccc2c(c1)OCC(=O)N(CCCCN1CCN(c3ncccc3C#N)CC1)C2=O. The van der Waals surface area contributed by atoms with Gasteiger partial charge in [0.05, 0.1) is 11.1 Å². The number of nitriles is 1. The summed E-state index contributed by atoms with van der Waals surface area (Å²) >= 11 is 0. The van der Waals surface area contributed by atoms with Crippen LogP contribution in [0.4, 0.5) is 5.82 Å². The lowest BCUT2D eigenvalue weighted by atomic mass is 10.1. The lowest BCUT2D eigenvalue weighted by Crippen LogP contribution is -2.47. The molecule has 8 nitrogen and oxygen atoms in total. The highest BCUT2D eigenvalue weighted by atomic mass is 16.5. The van der Waals surface area contributed by atoms with E-state index in [-0.39, 0.29) is 18.4 Å². The Kier molecular flexibility index (Phi) is 6.66. The second kappa shape index (κ2) is 9.79. The molecule has 2 aliphatic rings. The molecule has 1 aromatic heterocycles. The van der Waals surface area contributed by atoms with E-state index in [1.54, 1.807) is 30.5 Å². The van der Waals surface area contributed by atoms with Crippen molar-refractivity contribution in [3.05, 3.63) is 53.2 Å². The third-order valence-corrected chi connectivity index (χ3v) is 5.95. The van der Waals surface area contributed by atoms with Crippen LogP contribution in [0.3, 0.4) is 0 Å². The van der Waals surface area contributed by atoms with Gasteiger partial charge in [0.2, 0.25) is 0 Å². The maximum atomic E-state index is 12.9. The number of nitrogens with zero attached hydrogens (tertiary/aromatic N) is 5. The average Bonchev–Trinajstić information content (AvgIpc) is 2.93. The quantitative estimate of drug-likeness (QED) is 0.510. The number of anilines is 1. The van der Waals surface area contributed by atoms with Gasteiger partial charge < -0.3 is 9.64 Å². The highest BCUT2D eigenvalue weighted by molar-refractivity contribution is 6.07. The molecule has 1 aromatic carbocycles. The fourth-order valence-electron chi connectivity index (χ4n) is 4.15. The Balaban J connectivity index is 1.25. The van der Waals surface area contributed by atoms with Crippen molar-refractivity contribution in [3.8, 4) is 11.8 Å². The summed E-state index contributed by atoms with van der Waals surface area (Å²) < 4.78 is 5.56. The number of pyridine rings is 1. The van der Waals surface area contributed by atoms with Crippen LogP contribution in [-0.2, 0) is 4.79 Å². The highest BCUT2D eigenvalue weighted by Gasteiger charge is 2.29. The van der Waals surface area contributed by atoms with Gasteiger partial charge in [-0.2, -0.15) is 5.26 Å². The smallest absolute Gasteiger partial charge is 0.267 e. The number of fused-ring (bicyclic) bond motifs is 1.